The van der Waals surface area contributed by atoms with Gasteiger partial charge in [-0.25, -0.2) is 0 Å². The van der Waals surface area contributed by atoms with Crippen molar-refractivity contribution in [3.63, 3.8) is 0 Å². The molecule has 0 fully saturated rings. The molecular weight excluding hydrogens is 230 g/mol. The Bertz CT molecular complexity index is 763. The van der Waals surface area contributed by atoms with Crippen molar-refractivity contribution in [3.05, 3.63) is 58.7 Å². The number of rotatable bonds is 1. The first kappa shape index (κ1) is 12.0. The highest BCUT2D eigenvalue weighted by Crippen LogP contribution is 2.29. The zero-order valence-electron chi connectivity index (χ0n) is 12.0. The summed E-state index contributed by atoms with van der Waals surface area (Å²) in [5, 5.41) is 1.30. The lowest BCUT2D eigenvalue weighted by Crippen LogP contribution is -1.85. The Hall–Kier alpha value is -2.02. The van der Waals surface area contributed by atoms with Gasteiger partial charge in [0.2, 0.25) is 0 Å². The van der Waals surface area contributed by atoms with Crippen molar-refractivity contribution in [2.75, 3.05) is 0 Å². The maximum Gasteiger partial charge on any atom is 0.0488 e. The normalized spacial score (nSPS) is 11.2. The number of benzene rings is 2. The van der Waals surface area contributed by atoms with Crippen LogP contribution in [0.1, 0.15) is 22.3 Å². The predicted molar refractivity (Wildman–Crippen MR) is 82.7 cm³/mol. The molecule has 1 nitrogen and oxygen atoms in total. The van der Waals surface area contributed by atoms with Crippen LogP contribution in [0.25, 0.3) is 22.2 Å². The Morgan fingerprint density at radius 2 is 1.53 bits per heavy atom. The van der Waals surface area contributed by atoms with E-state index in [2.05, 4.69) is 69.1 Å². The summed E-state index contributed by atoms with van der Waals surface area (Å²) >= 11 is 0. The second kappa shape index (κ2) is 4.27. The molecule has 1 N–H and O–H groups in total. The van der Waals surface area contributed by atoms with Gasteiger partial charge < -0.3 is 4.98 Å². The van der Waals surface area contributed by atoms with Crippen molar-refractivity contribution in [3.8, 4) is 11.3 Å². The molecule has 3 aromatic rings. The van der Waals surface area contributed by atoms with E-state index in [9.17, 15) is 0 Å². The van der Waals surface area contributed by atoms with Gasteiger partial charge in [-0.1, -0.05) is 29.3 Å². The minimum Gasteiger partial charge on any atom is -0.354 e. The Balaban J connectivity index is 2.26. The van der Waals surface area contributed by atoms with E-state index in [1.807, 2.05) is 0 Å². The fourth-order valence-corrected chi connectivity index (χ4v) is 2.78. The van der Waals surface area contributed by atoms with Crippen LogP contribution < -0.4 is 0 Å². The molecule has 19 heavy (non-hydrogen) atoms. The van der Waals surface area contributed by atoms with Gasteiger partial charge in [-0.3, -0.25) is 0 Å². The van der Waals surface area contributed by atoms with Crippen molar-refractivity contribution >= 4 is 10.9 Å². The van der Waals surface area contributed by atoms with Crippen molar-refractivity contribution in [1.29, 1.82) is 0 Å². The van der Waals surface area contributed by atoms with Gasteiger partial charge in [0, 0.05) is 22.2 Å². The largest absolute Gasteiger partial charge is 0.354 e. The zero-order valence-corrected chi connectivity index (χ0v) is 12.0. The first-order valence-corrected chi connectivity index (χ1v) is 6.72. The Kier molecular flexibility index (Phi) is 2.70. The smallest absolute Gasteiger partial charge is 0.0488 e. The Labute approximate surface area is 114 Å². The van der Waals surface area contributed by atoms with Gasteiger partial charge in [-0.2, -0.15) is 0 Å². The summed E-state index contributed by atoms with van der Waals surface area (Å²) in [6.07, 6.45) is 0. The highest BCUT2D eigenvalue weighted by Gasteiger charge is 2.08. The molecule has 0 aliphatic rings. The second-order valence-corrected chi connectivity index (χ2v) is 5.55. The summed E-state index contributed by atoms with van der Waals surface area (Å²) in [6, 6.07) is 13.3. The molecule has 1 aromatic heterocycles. The first-order chi connectivity index (χ1) is 9.04. The van der Waals surface area contributed by atoms with Gasteiger partial charge in [0.05, 0.1) is 0 Å². The number of hydrogen-bond acceptors (Lipinski definition) is 0. The minimum atomic E-state index is 1.21. The molecule has 3 rings (SSSR count). The minimum absolute atomic E-state index is 1.21. The molecule has 0 saturated carbocycles. The van der Waals surface area contributed by atoms with Gasteiger partial charge in [0.1, 0.15) is 0 Å². The number of H-pyrrole nitrogens is 1. The topological polar surface area (TPSA) is 15.8 Å². The number of hydrogen-bond donors (Lipinski definition) is 1. The first-order valence-electron chi connectivity index (χ1n) is 6.72. The third-order valence-electron chi connectivity index (χ3n) is 3.75. The van der Waals surface area contributed by atoms with Crippen LogP contribution in [0.4, 0.5) is 0 Å². The summed E-state index contributed by atoms with van der Waals surface area (Å²) in [4.78, 5) is 3.58. The van der Waals surface area contributed by atoms with Gasteiger partial charge >= 0.3 is 0 Å². The molecule has 96 valence electrons. The lowest BCUT2D eigenvalue weighted by Gasteiger charge is -2.04. The van der Waals surface area contributed by atoms with Gasteiger partial charge in [-0.15, -0.1) is 0 Å². The molecule has 1 heterocycles. The van der Waals surface area contributed by atoms with E-state index >= 15 is 0 Å². The SMILES string of the molecule is Cc1ccc(C)c(-c2cc3cc(C)cc(C)c3[nH]2)c1. The molecule has 0 spiro atoms. The molecule has 0 radical (unpaired) electrons. The predicted octanol–water partition coefficient (Wildman–Crippen LogP) is 5.07. The summed E-state index contributed by atoms with van der Waals surface area (Å²) in [6.45, 7) is 8.62. The zero-order chi connectivity index (χ0) is 13.6. The number of nitrogens with one attached hydrogen (secondary N) is 1. The molecular formula is C18H19N. The molecule has 1 heteroatoms. The fourth-order valence-electron chi connectivity index (χ4n) is 2.78. The number of aromatic nitrogens is 1. The van der Waals surface area contributed by atoms with E-state index in [4.69, 9.17) is 0 Å². The molecule has 0 saturated heterocycles. The quantitative estimate of drug-likeness (QED) is 0.620. The van der Waals surface area contributed by atoms with E-state index in [1.165, 1.54) is 44.4 Å². The van der Waals surface area contributed by atoms with Crippen molar-refractivity contribution in [1.82, 2.24) is 4.98 Å². The van der Waals surface area contributed by atoms with Crippen LogP contribution in [0.15, 0.2) is 36.4 Å². The summed E-state index contributed by atoms with van der Waals surface area (Å²) in [7, 11) is 0. The standard InChI is InChI=1S/C18H19N/c1-11-5-6-13(3)16(9-11)17-10-15-8-12(2)7-14(4)18(15)19-17/h5-10,19H,1-4H3. The van der Waals surface area contributed by atoms with Crippen LogP contribution in [0.5, 0.6) is 0 Å². The van der Waals surface area contributed by atoms with E-state index < -0.39 is 0 Å². The van der Waals surface area contributed by atoms with Crippen LogP contribution in [-0.2, 0) is 0 Å². The fraction of sp³-hybridized carbons (Fsp3) is 0.222. The van der Waals surface area contributed by atoms with Gasteiger partial charge in [-0.05, 0) is 57.0 Å². The summed E-state index contributed by atoms with van der Waals surface area (Å²) in [5.74, 6) is 0. The van der Waals surface area contributed by atoms with Crippen LogP contribution in [0, 0.1) is 27.7 Å². The Morgan fingerprint density at radius 3 is 2.32 bits per heavy atom. The lowest BCUT2D eigenvalue weighted by molar-refractivity contribution is 1.34. The van der Waals surface area contributed by atoms with E-state index in [0.717, 1.165) is 0 Å². The Morgan fingerprint density at radius 1 is 0.737 bits per heavy atom. The third kappa shape index (κ3) is 2.06. The molecule has 0 unspecified atom stereocenters. The van der Waals surface area contributed by atoms with Crippen LogP contribution in [-0.4, -0.2) is 4.98 Å². The molecule has 2 aromatic carbocycles. The highest BCUT2D eigenvalue weighted by molar-refractivity contribution is 5.89. The van der Waals surface area contributed by atoms with Crippen molar-refractivity contribution in [2.24, 2.45) is 0 Å². The highest BCUT2D eigenvalue weighted by atomic mass is 14.7. The lowest BCUT2D eigenvalue weighted by atomic mass is 10.0. The second-order valence-electron chi connectivity index (χ2n) is 5.55. The number of aryl methyl sites for hydroxylation is 4. The van der Waals surface area contributed by atoms with E-state index in [-0.39, 0.29) is 0 Å². The van der Waals surface area contributed by atoms with Gasteiger partial charge in [0.15, 0.2) is 0 Å². The number of aromatic amines is 1. The molecule has 0 aliphatic heterocycles. The van der Waals surface area contributed by atoms with E-state index in [0.29, 0.717) is 0 Å². The molecule has 0 aliphatic carbocycles. The van der Waals surface area contributed by atoms with Crippen LogP contribution in [0.3, 0.4) is 0 Å². The average molecular weight is 249 g/mol. The van der Waals surface area contributed by atoms with Gasteiger partial charge in [0.25, 0.3) is 0 Å². The maximum absolute atomic E-state index is 3.58. The van der Waals surface area contributed by atoms with Crippen LogP contribution in [0.2, 0.25) is 0 Å². The van der Waals surface area contributed by atoms with E-state index in [1.54, 1.807) is 0 Å². The maximum atomic E-state index is 3.58. The number of fused-ring (bicyclic) bond motifs is 1. The summed E-state index contributed by atoms with van der Waals surface area (Å²) in [5.41, 5.74) is 9.00. The monoisotopic (exact) mass is 249 g/mol. The third-order valence-corrected chi connectivity index (χ3v) is 3.75. The summed E-state index contributed by atoms with van der Waals surface area (Å²) < 4.78 is 0. The van der Waals surface area contributed by atoms with Crippen molar-refractivity contribution < 1.29 is 0 Å². The average Bonchev–Trinajstić information content (AvgIpc) is 2.76. The van der Waals surface area contributed by atoms with Crippen molar-refractivity contribution in [2.45, 2.75) is 27.7 Å². The molecule has 0 amide bonds. The molecule has 0 atom stereocenters. The van der Waals surface area contributed by atoms with Crippen LogP contribution >= 0.6 is 0 Å². The molecule has 0 bridgehead atoms.